The average molecular weight is 459 g/mol. The van der Waals surface area contributed by atoms with Crippen molar-refractivity contribution in [3.8, 4) is 5.69 Å². The van der Waals surface area contributed by atoms with Crippen molar-refractivity contribution in [1.29, 1.82) is 0 Å². The Morgan fingerprint density at radius 3 is 2.30 bits per heavy atom. The van der Waals surface area contributed by atoms with E-state index in [-0.39, 0.29) is 5.91 Å². The van der Waals surface area contributed by atoms with E-state index in [4.69, 9.17) is 0 Å². The molecule has 0 spiro atoms. The Bertz CT molecular complexity index is 1220. The Morgan fingerprint density at radius 2 is 1.67 bits per heavy atom. The summed E-state index contributed by atoms with van der Waals surface area (Å²) in [7, 11) is 0. The normalized spacial score (nSPS) is 16.0. The number of carbonyl (C=O) groups excluding carboxylic acids is 1. The first-order chi connectivity index (χ1) is 15.9. The number of thioether (sulfide) groups is 1. The summed E-state index contributed by atoms with van der Waals surface area (Å²) in [6.45, 7) is 12.6. The Morgan fingerprint density at radius 1 is 1.00 bits per heavy atom. The topological polar surface area (TPSA) is 49.6 Å². The van der Waals surface area contributed by atoms with Crippen molar-refractivity contribution >= 4 is 40.3 Å². The van der Waals surface area contributed by atoms with Crippen molar-refractivity contribution in [1.82, 2.24) is 9.88 Å². The number of hydrogen-bond donors (Lipinski definition) is 1. The molecule has 1 fully saturated rings. The van der Waals surface area contributed by atoms with E-state index in [2.05, 4.69) is 77.8 Å². The molecule has 170 valence electrons. The highest BCUT2D eigenvalue weighted by Crippen LogP contribution is 2.31. The number of hydrogen-bond acceptors (Lipinski definition) is 4. The number of amides is 1. The average Bonchev–Trinajstić information content (AvgIpc) is 3.29. The van der Waals surface area contributed by atoms with Gasteiger partial charge in [0.1, 0.15) is 0 Å². The molecule has 1 amide bonds. The smallest absolute Gasteiger partial charge is 0.264 e. The molecule has 1 N–H and O–H groups in total. The maximum atomic E-state index is 12.6. The molecule has 3 aromatic rings. The Balaban J connectivity index is 1.59. The Labute approximate surface area is 200 Å². The highest BCUT2D eigenvalue weighted by atomic mass is 32.2. The second-order valence-corrected chi connectivity index (χ2v) is 9.20. The van der Waals surface area contributed by atoms with E-state index in [0.29, 0.717) is 10.1 Å². The zero-order chi connectivity index (χ0) is 23.5. The highest BCUT2D eigenvalue weighted by Gasteiger charge is 2.24. The van der Waals surface area contributed by atoms with Gasteiger partial charge in [-0.15, -0.1) is 0 Å². The molecule has 33 heavy (non-hydrogen) atoms. The lowest BCUT2D eigenvalue weighted by atomic mass is 10.2. The minimum Gasteiger partial charge on any atom is -0.372 e. The quantitative estimate of drug-likeness (QED) is 0.451. The first-order valence-corrected chi connectivity index (χ1v) is 12.1. The number of nitrogens with zero attached hydrogens (tertiary/aromatic N) is 3. The van der Waals surface area contributed by atoms with E-state index in [1.54, 1.807) is 0 Å². The first kappa shape index (κ1) is 22.9. The first-order valence-electron chi connectivity index (χ1n) is 11.3. The van der Waals surface area contributed by atoms with Crippen LogP contribution in [-0.4, -0.2) is 28.7 Å². The molecule has 1 saturated heterocycles. The van der Waals surface area contributed by atoms with Gasteiger partial charge in [0.05, 0.1) is 10.6 Å². The number of rotatable bonds is 6. The summed E-state index contributed by atoms with van der Waals surface area (Å²) < 4.78 is 2.23. The molecule has 2 aromatic carbocycles. The van der Waals surface area contributed by atoms with E-state index in [0.717, 1.165) is 41.4 Å². The fraction of sp³-hybridized carbons (Fsp3) is 0.259. The second-order valence-electron chi connectivity index (χ2n) is 8.17. The zero-order valence-electron chi connectivity index (χ0n) is 19.8. The molecule has 0 saturated carbocycles. The monoisotopic (exact) mass is 458 g/mol. The number of nitrogens with one attached hydrogen (secondary N) is 1. The van der Waals surface area contributed by atoms with Crippen molar-refractivity contribution in [3.63, 3.8) is 0 Å². The van der Waals surface area contributed by atoms with Crippen LogP contribution in [0.2, 0.25) is 0 Å². The van der Waals surface area contributed by atoms with Crippen LogP contribution in [0, 0.1) is 20.8 Å². The van der Waals surface area contributed by atoms with Crippen LogP contribution in [0.4, 0.5) is 11.4 Å². The number of carbonyl (C=O) groups is 1. The van der Waals surface area contributed by atoms with E-state index in [1.807, 2.05) is 37.3 Å². The molecule has 6 heteroatoms. The SMILES string of the molecule is CCN(CC)c1ccc(-n2c(C)cc(C=C3SC(=Nc4ccc(C)cc4)NC3=O)c2C)cc1. The summed E-state index contributed by atoms with van der Waals surface area (Å²) in [5, 5.41) is 3.49. The summed E-state index contributed by atoms with van der Waals surface area (Å²) in [6, 6.07) is 18.7. The van der Waals surface area contributed by atoms with Gasteiger partial charge >= 0.3 is 0 Å². The van der Waals surface area contributed by atoms with E-state index < -0.39 is 0 Å². The predicted octanol–water partition coefficient (Wildman–Crippen LogP) is 6.14. The molecule has 1 aliphatic rings. The number of amidine groups is 1. The molecule has 1 aliphatic heterocycles. The standard InChI is InChI=1S/C27H30N4OS/c1-6-30(7-2)23-12-14-24(15-13-23)31-19(4)16-21(20(31)5)17-25-26(32)29-27(33-25)28-22-10-8-18(3)9-11-22/h8-17H,6-7H2,1-5H3,(H,28,29,32). The largest absolute Gasteiger partial charge is 0.372 e. The Kier molecular flexibility index (Phi) is 6.75. The maximum absolute atomic E-state index is 12.6. The molecular formula is C27H30N4OS. The van der Waals surface area contributed by atoms with Gasteiger partial charge in [0.25, 0.3) is 5.91 Å². The van der Waals surface area contributed by atoms with Crippen LogP contribution in [0.5, 0.6) is 0 Å². The number of aryl methyl sites for hydroxylation is 2. The summed E-state index contributed by atoms with van der Waals surface area (Å²) in [4.78, 5) is 20.1. The minimum atomic E-state index is -0.112. The van der Waals surface area contributed by atoms with Crippen molar-refractivity contribution in [2.75, 3.05) is 18.0 Å². The third-order valence-electron chi connectivity index (χ3n) is 5.91. The predicted molar refractivity (Wildman–Crippen MR) is 141 cm³/mol. The van der Waals surface area contributed by atoms with Crippen LogP contribution >= 0.6 is 11.8 Å². The van der Waals surface area contributed by atoms with Gasteiger partial charge in [-0.2, -0.15) is 0 Å². The fourth-order valence-corrected chi connectivity index (χ4v) is 4.92. The third-order valence-corrected chi connectivity index (χ3v) is 6.82. The van der Waals surface area contributed by atoms with E-state index in [1.165, 1.54) is 23.0 Å². The van der Waals surface area contributed by atoms with Gasteiger partial charge in [0, 0.05) is 35.9 Å². The van der Waals surface area contributed by atoms with E-state index >= 15 is 0 Å². The van der Waals surface area contributed by atoms with Crippen LogP contribution in [0.15, 0.2) is 64.5 Å². The lowest BCUT2D eigenvalue weighted by Crippen LogP contribution is -2.21. The maximum Gasteiger partial charge on any atom is 0.264 e. The molecule has 1 aromatic heterocycles. The molecule has 0 bridgehead atoms. The molecule has 0 radical (unpaired) electrons. The van der Waals surface area contributed by atoms with Crippen molar-refractivity contribution in [3.05, 3.63) is 82.0 Å². The number of aliphatic imine (C=N–C) groups is 1. The van der Waals surface area contributed by atoms with Gasteiger partial charge < -0.3 is 14.8 Å². The molecule has 0 atom stereocenters. The highest BCUT2D eigenvalue weighted by molar-refractivity contribution is 8.18. The molecule has 5 nitrogen and oxygen atoms in total. The van der Waals surface area contributed by atoms with Gasteiger partial charge in [0.2, 0.25) is 0 Å². The van der Waals surface area contributed by atoms with Crippen LogP contribution in [0.1, 0.15) is 36.4 Å². The lowest BCUT2D eigenvalue weighted by Gasteiger charge is -2.21. The molecule has 0 aliphatic carbocycles. The van der Waals surface area contributed by atoms with Crippen molar-refractivity contribution in [2.45, 2.75) is 34.6 Å². The van der Waals surface area contributed by atoms with Crippen molar-refractivity contribution in [2.24, 2.45) is 4.99 Å². The number of benzene rings is 2. The van der Waals surface area contributed by atoms with Gasteiger partial charge in [-0.25, -0.2) is 4.99 Å². The summed E-state index contributed by atoms with van der Waals surface area (Å²) >= 11 is 1.38. The van der Waals surface area contributed by atoms with Crippen LogP contribution in [-0.2, 0) is 4.79 Å². The second kappa shape index (κ2) is 9.71. The van der Waals surface area contributed by atoms with Crippen molar-refractivity contribution < 1.29 is 4.79 Å². The van der Waals surface area contributed by atoms with Gasteiger partial charge in [0.15, 0.2) is 5.17 Å². The summed E-state index contributed by atoms with van der Waals surface area (Å²) in [6.07, 6.45) is 1.96. The Hall–Kier alpha value is -3.25. The number of anilines is 1. The minimum absolute atomic E-state index is 0.112. The fourth-order valence-electron chi connectivity index (χ4n) is 4.09. The number of aromatic nitrogens is 1. The zero-order valence-corrected chi connectivity index (χ0v) is 20.7. The van der Waals surface area contributed by atoms with Crippen LogP contribution in [0.25, 0.3) is 11.8 Å². The van der Waals surface area contributed by atoms with E-state index in [9.17, 15) is 4.79 Å². The molecular weight excluding hydrogens is 428 g/mol. The van der Waals surface area contributed by atoms with Gasteiger partial charge in [-0.1, -0.05) is 17.7 Å². The summed E-state index contributed by atoms with van der Waals surface area (Å²) in [5.74, 6) is -0.112. The molecule has 2 heterocycles. The molecule has 4 rings (SSSR count). The van der Waals surface area contributed by atoms with Gasteiger partial charge in [-0.3, -0.25) is 4.79 Å². The molecule has 0 unspecified atom stereocenters. The van der Waals surface area contributed by atoms with Crippen LogP contribution in [0.3, 0.4) is 0 Å². The van der Waals surface area contributed by atoms with Gasteiger partial charge in [-0.05, 0) is 100 Å². The van der Waals surface area contributed by atoms with Crippen LogP contribution < -0.4 is 10.2 Å². The third kappa shape index (κ3) is 4.91. The summed E-state index contributed by atoms with van der Waals surface area (Å²) in [5.41, 5.74) is 7.63. The lowest BCUT2D eigenvalue weighted by molar-refractivity contribution is -0.115.